The first kappa shape index (κ1) is 41.7. The summed E-state index contributed by atoms with van der Waals surface area (Å²) in [5.41, 5.74) is 2.07. The van der Waals surface area contributed by atoms with Crippen molar-refractivity contribution < 1.29 is 62.8 Å². The predicted molar refractivity (Wildman–Crippen MR) is 217 cm³/mol. The third-order valence-corrected chi connectivity index (χ3v) is 9.56. The third kappa shape index (κ3) is 9.61. The summed E-state index contributed by atoms with van der Waals surface area (Å²) in [4.78, 5) is 9.50. The topological polar surface area (TPSA) is 235 Å². The van der Waals surface area contributed by atoms with E-state index in [2.05, 4.69) is 30.7 Å². The smallest absolute Gasteiger partial charge is 0.744 e. The minimum Gasteiger partial charge on any atom is -0.744 e. The number of azo groups is 3. The molecule has 0 saturated heterocycles. The van der Waals surface area contributed by atoms with Gasteiger partial charge in [0.15, 0.2) is 5.75 Å². The number of hydrogen-bond donors (Lipinski definition) is 3. The molecule has 0 fully saturated rings. The molecule has 0 aliphatic rings. The van der Waals surface area contributed by atoms with Gasteiger partial charge in [-0.3, -0.25) is 10.1 Å². The van der Waals surface area contributed by atoms with Crippen LogP contribution < -0.4 is 29.6 Å². The fraction of sp³-hybridized carbons (Fsp3) is 0. The molecule has 0 radical (unpaired) electrons. The molecule has 286 valence electrons. The molecular weight excluding hydrogens is 786 g/mol. The van der Waals surface area contributed by atoms with Crippen LogP contribution in [-0.2, 0) is 10.1 Å². The average Bonchev–Trinajstić information content (AvgIpc) is 3.23. The molecule has 8 aromatic rings. The van der Waals surface area contributed by atoms with Gasteiger partial charge in [-0.25, -0.2) is 8.42 Å². The summed E-state index contributed by atoms with van der Waals surface area (Å²) in [6.07, 6.45) is 0. The van der Waals surface area contributed by atoms with Gasteiger partial charge in [0.1, 0.15) is 38.7 Å². The predicted octanol–water partition coefficient (Wildman–Crippen LogP) is 9.01. The van der Waals surface area contributed by atoms with Crippen molar-refractivity contribution in [3.05, 3.63) is 162 Å². The molecule has 3 N–H and O–H groups in total. The van der Waals surface area contributed by atoms with Gasteiger partial charge in [0.2, 0.25) is 0 Å². The summed E-state index contributed by atoms with van der Waals surface area (Å²) < 4.78 is 34.8. The molecule has 0 spiro atoms. The van der Waals surface area contributed by atoms with Crippen LogP contribution in [0.3, 0.4) is 0 Å². The zero-order valence-corrected chi connectivity index (χ0v) is 33.7. The average molecular weight is 814 g/mol. The first-order valence-corrected chi connectivity index (χ1v) is 18.6. The summed E-state index contributed by atoms with van der Waals surface area (Å²) in [7, 11) is -5.05. The van der Waals surface area contributed by atoms with Gasteiger partial charge in [-0.15, -0.1) is 15.3 Å². The number of rotatable bonds is 8. The summed E-state index contributed by atoms with van der Waals surface area (Å²) in [6, 6.07) is 42.1. The summed E-state index contributed by atoms with van der Waals surface area (Å²) in [5.74, 6) is -0.717. The summed E-state index contributed by atoms with van der Waals surface area (Å²) in [6.45, 7) is 0. The van der Waals surface area contributed by atoms with Crippen LogP contribution in [0.25, 0.3) is 32.3 Å². The van der Waals surface area contributed by atoms with Crippen LogP contribution in [-0.4, -0.2) is 33.2 Å². The second kappa shape index (κ2) is 18.1. The quantitative estimate of drug-likeness (QED) is 0.0439. The number of fused-ring (bicyclic) bond motifs is 3. The molecule has 17 heteroatoms. The Morgan fingerprint density at radius 1 is 0.492 bits per heavy atom. The Kier molecular flexibility index (Phi) is 12.8. The van der Waals surface area contributed by atoms with Crippen molar-refractivity contribution in [2.45, 2.75) is 4.90 Å². The van der Waals surface area contributed by atoms with E-state index in [0.717, 1.165) is 45.7 Å². The van der Waals surface area contributed by atoms with Crippen molar-refractivity contribution in [3.63, 3.8) is 0 Å². The number of non-ortho nitro benzene ring substituents is 1. The van der Waals surface area contributed by atoms with Gasteiger partial charge in [0, 0.05) is 39.7 Å². The van der Waals surface area contributed by atoms with Crippen molar-refractivity contribution in [2.24, 2.45) is 30.7 Å². The zero-order valence-electron chi connectivity index (χ0n) is 30.9. The number of phenolic OH excluding ortho intramolecular Hbond substituents is 3. The van der Waals surface area contributed by atoms with E-state index in [-0.39, 0.29) is 63.2 Å². The first-order chi connectivity index (χ1) is 28.0. The fourth-order valence-corrected chi connectivity index (χ4v) is 6.55. The number of nitrogens with zero attached hydrogens (tertiary/aromatic N) is 7. The Morgan fingerprint density at radius 3 is 1.66 bits per heavy atom. The monoisotopic (exact) mass is 813 g/mol. The number of hydrogen-bond acceptors (Lipinski definition) is 14. The van der Waals surface area contributed by atoms with E-state index in [1.54, 1.807) is 36.4 Å². The Hall–Kier alpha value is -6.95. The number of nitro groups is 1. The Bertz CT molecular complexity index is 3060. The van der Waals surface area contributed by atoms with E-state index in [1.165, 1.54) is 6.07 Å². The van der Waals surface area contributed by atoms with E-state index in [9.17, 15) is 38.4 Å². The van der Waals surface area contributed by atoms with Crippen LogP contribution >= 0.6 is 0 Å². The number of nitro benzene ring substituents is 1. The second-order valence-corrected chi connectivity index (χ2v) is 13.8. The minimum atomic E-state index is -5.05. The largest absolute Gasteiger partial charge is 1.00 e. The fourth-order valence-electron chi connectivity index (χ4n) is 5.86. The third-order valence-electron chi connectivity index (χ3n) is 8.68. The molecule has 15 nitrogen and oxygen atoms in total. The zero-order chi connectivity index (χ0) is 40.8. The molecule has 0 aromatic heterocycles. The van der Waals surface area contributed by atoms with Crippen LogP contribution in [0, 0.1) is 10.1 Å². The molecule has 0 aliphatic carbocycles. The van der Waals surface area contributed by atoms with Crippen LogP contribution in [0.5, 0.6) is 17.2 Å². The molecule has 8 rings (SSSR count). The molecule has 8 aromatic carbocycles. The molecule has 0 saturated carbocycles. The summed E-state index contributed by atoms with van der Waals surface area (Å²) in [5, 5.41) is 69.5. The molecule has 0 atom stereocenters. The van der Waals surface area contributed by atoms with Crippen LogP contribution in [0.2, 0.25) is 0 Å². The number of benzene rings is 8. The molecule has 0 heterocycles. The maximum atomic E-state index is 11.6. The maximum absolute atomic E-state index is 11.6. The van der Waals surface area contributed by atoms with E-state index >= 15 is 0 Å². The minimum absolute atomic E-state index is 0. The Labute approximate surface area is 357 Å². The van der Waals surface area contributed by atoms with E-state index in [4.69, 9.17) is 0 Å². The Balaban J connectivity index is 0.000000197. The van der Waals surface area contributed by atoms with Crippen molar-refractivity contribution in [2.75, 3.05) is 0 Å². The molecule has 0 unspecified atom stereocenters. The van der Waals surface area contributed by atoms with Gasteiger partial charge in [-0.05, 0) is 65.4 Å². The van der Waals surface area contributed by atoms with E-state index < -0.39 is 31.4 Å². The summed E-state index contributed by atoms with van der Waals surface area (Å²) >= 11 is 0. The van der Waals surface area contributed by atoms with Crippen molar-refractivity contribution in [3.8, 4) is 17.2 Å². The van der Waals surface area contributed by atoms with Crippen molar-refractivity contribution in [1.29, 1.82) is 0 Å². The maximum Gasteiger partial charge on any atom is 1.00 e. The molecule has 59 heavy (non-hydrogen) atoms. The first-order valence-electron chi connectivity index (χ1n) is 17.2. The SMILES string of the molecule is O=[N+]([O-])c1ccc2c(N=Nc3ccc4ccccc4c3O)c(O)cc(S(=O)(=O)[O-])c2c1.Oc1ccc2ccccc2c1N=Nc1ccc(N=Nc2ccccc2)cc1.[Na+]. The van der Waals surface area contributed by atoms with Gasteiger partial charge in [0.05, 0.1) is 26.9 Å². The molecule has 0 aliphatic heterocycles. The second-order valence-electron chi connectivity index (χ2n) is 12.4. The number of aromatic hydroxyl groups is 3. The number of phenols is 3. The van der Waals surface area contributed by atoms with Crippen LogP contribution in [0.4, 0.5) is 39.8 Å². The van der Waals surface area contributed by atoms with E-state index in [1.807, 2.05) is 84.9 Å². The molecule has 0 bridgehead atoms. The van der Waals surface area contributed by atoms with Crippen LogP contribution in [0.15, 0.2) is 187 Å². The van der Waals surface area contributed by atoms with Gasteiger partial charge in [-0.1, -0.05) is 78.9 Å². The normalized spacial score (nSPS) is 11.6. The van der Waals surface area contributed by atoms with Gasteiger partial charge in [0.25, 0.3) is 5.69 Å². The van der Waals surface area contributed by atoms with Gasteiger partial charge in [-0.2, -0.15) is 15.3 Å². The van der Waals surface area contributed by atoms with Gasteiger partial charge >= 0.3 is 29.6 Å². The van der Waals surface area contributed by atoms with Crippen molar-refractivity contribution >= 4 is 82.2 Å². The molecule has 0 amide bonds. The van der Waals surface area contributed by atoms with Crippen molar-refractivity contribution in [1.82, 2.24) is 0 Å². The van der Waals surface area contributed by atoms with Crippen LogP contribution in [0.1, 0.15) is 0 Å². The Morgan fingerprint density at radius 2 is 1.02 bits per heavy atom. The molecular formula is C42H28N7NaO8S. The van der Waals surface area contributed by atoms with Gasteiger partial charge < -0.3 is 19.9 Å². The van der Waals surface area contributed by atoms with E-state index in [0.29, 0.717) is 22.8 Å². The standard InChI is InChI=1S/C22H16N4O.C20H13N3O7S.Na/c27-21-15-10-16-6-4-5-9-20(16)22(21)26-25-19-13-11-18(12-14-19)24-23-17-7-2-1-3-8-17;24-17-10-18(31(28,29)30)15-9-12(23(26)27)6-7-14(15)19(17)22-21-16-8-5-11-3-1-2-4-13(11)20(16)25;/h1-15,27H;1-10,24-25H,(H,28,29,30);/q;;+1/p-1.